The molecular weight excluding hydrogens is 254 g/mol. The molecule has 0 aliphatic heterocycles. The van der Waals surface area contributed by atoms with Gasteiger partial charge in [0.1, 0.15) is 11.0 Å². The van der Waals surface area contributed by atoms with Gasteiger partial charge in [0.05, 0.1) is 4.92 Å². The van der Waals surface area contributed by atoms with Crippen LogP contribution in [0.5, 0.6) is 0 Å². The molecule has 0 N–H and O–H groups in total. The SMILES string of the molecule is CCCc1nc(Cl)c2cc(C)cc([N+](=O)[O-])c2n1. The van der Waals surface area contributed by atoms with Gasteiger partial charge in [-0.15, -0.1) is 0 Å². The number of nitro groups is 1. The monoisotopic (exact) mass is 265 g/mol. The van der Waals surface area contributed by atoms with Crippen molar-refractivity contribution in [3.8, 4) is 0 Å². The summed E-state index contributed by atoms with van der Waals surface area (Å²) in [5.41, 5.74) is 1.06. The second-order valence-electron chi connectivity index (χ2n) is 4.12. The van der Waals surface area contributed by atoms with Crippen molar-refractivity contribution in [1.82, 2.24) is 9.97 Å². The topological polar surface area (TPSA) is 68.9 Å². The number of nitrogens with zero attached hydrogens (tertiary/aromatic N) is 3. The van der Waals surface area contributed by atoms with E-state index in [9.17, 15) is 10.1 Å². The van der Waals surface area contributed by atoms with Gasteiger partial charge in [0, 0.05) is 17.9 Å². The minimum Gasteiger partial charge on any atom is -0.258 e. The van der Waals surface area contributed by atoms with Gasteiger partial charge < -0.3 is 0 Å². The number of benzene rings is 1. The molecule has 94 valence electrons. The molecule has 0 amide bonds. The summed E-state index contributed by atoms with van der Waals surface area (Å²) in [5, 5.41) is 11.9. The molecule has 0 unspecified atom stereocenters. The third kappa shape index (κ3) is 2.26. The summed E-state index contributed by atoms with van der Waals surface area (Å²) in [7, 11) is 0. The van der Waals surface area contributed by atoms with Gasteiger partial charge in [-0.05, 0) is 25.0 Å². The Morgan fingerprint density at radius 1 is 1.39 bits per heavy atom. The van der Waals surface area contributed by atoms with Gasteiger partial charge in [0.2, 0.25) is 0 Å². The zero-order chi connectivity index (χ0) is 13.3. The third-order valence-electron chi connectivity index (χ3n) is 2.59. The van der Waals surface area contributed by atoms with E-state index < -0.39 is 4.92 Å². The van der Waals surface area contributed by atoms with Crippen LogP contribution in [0.25, 0.3) is 10.9 Å². The number of aryl methyl sites for hydroxylation is 2. The molecule has 6 heteroatoms. The van der Waals surface area contributed by atoms with Crippen molar-refractivity contribution < 1.29 is 4.92 Å². The van der Waals surface area contributed by atoms with Crippen LogP contribution in [0.3, 0.4) is 0 Å². The average Bonchev–Trinajstić information content (AvgIpc) is 2.29. The van der Waals surface area contributed by atoms with Crippen molar-refractivity contribution in [2.24, 2.45) is 0 Å². The molecule has 1 aromatic carbocycles. The minimum atomic E-state index is -0.436. The van der Waals surface area contributed by atoms with E-state index in [1.807, 2.05) is 6.92 Å². The lowest BCUT2D eigenvalue weighted by Crippen LogP contribution is -1.99. The Hall–Kier alpha value is -1.75. The molecule has 2 rings (SSSR count). The van der Waals surface area contributed by atoms with Crippen molar-refractivity contribution in [2.45, 2.75) is 26.7 Å². The summed E-state index contributed by atoms with van der Waals surface area (Å²) >= 11 is 6.07. The molecule has 0 atom stereocenters. The standard InChI is InChI=1S/C12H12ClN3O2/c1-3-4-10-14-11-8(12(13)15-10)5-7(2)6-9(11)16(17)18/h5-6H,3-4H2,1-2H3. The maximum atomic E-state index is 11.0. The number of hydrogen-bond acceptors (Lipinski definition) is 4. The molecule has 0 fully saturated rings. The summed E-state index contributed by atoms with van der Waals surface area (Å²) in [6.45, 7) is 3.77. The van der Waals surface area contributed by atoms with Crippen LogP contribution in [-0.4, -0.2) is 14.9 Å². The van der Waals surface area contributed by atoms with Gasteiger partial charge in [-0.2, -0.15) is 0 Å². The van der Waals surface area contributed by atoms with Crippen LogP contribution in [0.1, 0.15) is 24.7 Å². The summed E-state index contributed by atoms with van der Waals surface area (Å²) in [6.07, 6.45) is 1.52. The fourth-order valence-electron chi connectivity index (χ4n) is 1.84. The van der Waals surface area contributed by atoms with Gasteiger partial charge in [-0.3, -0.25) is 10.1 Å². The molecule has 18 heavy (non-hydrogen) atoms. The summed E-state index contributed by atoms with van der Waals surface area (Å²) in [6, 6.07) is 3.27. The second-order valence-corrected chi connectivity index (χ2v) is 4.48. The smallest absolute Gasteiger partial charge is 0.258 e. The van der Waals surface area contributed by atoms with Gasteiger partial charge in [-0.25, -0.2) is 9.97 Å². The molecule has 5 nitrogen and oxygen atoms in total. The quantitative estimate of drug-likeness (QED) is 0.484. The summed E-state index contributed by atoms with van der Waals surface area (Å²) in [5.74, 6) is 0.543. The Bertz CT molecular complexity index is 628. The third-order valence-corrected chi connectivity index (χ3v) is 2.88. The number of halogens is 1. The van der Waals surface area contributed by atoms with Crippen LogP contribution in [-0.2, 0) is 6.42 Å². The highest BCUT2D eigenvalue weighted by Crippen LogP contribution is 2.29. The van der Waals surface area contributed by atoms with E-state index in [2.05, 4.69) is 9.97 Å². The lowest BCUT2D eigenvalue weighted by molar-refractivity contribution is -0.383. The number of non-ortho nitro benzene ring substituents is 1. The lowest BCUT2D eigenvalue weighted by atomic mass is 10.1. The molecule has 0 saturated carbocycles. The summed E-state index contributed by atoms with van der Waals surface area (Å²) < 4.78 is 0. The Labute approximate surface area is 109 Å². The van der Waals surface area contributed by atoms with E-state index in [0.29, 0.717) is 23.1 Å². The van der Waals surface area contributed by atoms with Gasteiger partial charge in [-0.1, -0.05) is 18.5 Å². The fraction of sp³-hybridized carbons (Fsp3) is 0.333. The first-order valence-corrected chi connectivity index (χ1v) is 6.02. The zero-order valence-corrected chi connectivity index (χ0v) is 10.9. The molecule has 1 aromatic heterocycles. The normalized spacial score (nSPS) is 10.8. The minimum absolute atomic E-state index is 0.0216. The molecule has 0 spiro atoms. The molecule has 0 aliphatic rings. The second kappa shape index (κ2) is 4.86. The molecule has 0 radical (unpaired) electrons. The van der Waals surface area contributed by atoms with Gasteiger partial charge in [0.25, 0.3) is 5.69 Å². The molecule has 1 heterocycles. The Balaban J connectivity index is 2.79. The van der Waals surface area contributed by atoms with Crippen molar-refractivity contribution in [1.29, 1.82) is 0 Å². The number of rotatable bonds is 3. The highest BCUT2D eigenvalue weighted by Gasteiger charge is 2.17. The Morgan fingerprint density at radius 3 is 2.72 bits per heavy atom. The molecular formula is C12H12ClN3O2. The average molecular weight is 266 g/mol. The maximum absolute atomic E-state index is 11.0. The number of aromatic nitrogens is 2. The van der Waals surface area contributed by atoms with Crippen molar-refractivity contribution in [3.05, 3.63) is 38.8 Å². The number of hydrogen-bond donors (Lipinski definition) is 0. The van der Waals surface area contributed by atoms with Gasteiger partial charge >= 0.3 is 0 Å². The Kier molecular flexibility index (Phi) is 3.43. The van der Waals surface area contributed by atoms with Crippen molar-refractivity contribution >= 4 is 28.2 Å². The van der Waals surface area contributed by atoms with E-state index in [0.717, 1.165) is 12.0 Å². The molecule has 2 aromatic rings. The predicted molar refractivity (Wildman–Crippen MR) is 69.9 cm³/mol. The zero-order valence-electron chi connectivity index (χ0n) is 10.1. The fourth-order valence-corrected chi connectivity index (χ4v) is 2.08. The van der Waals surface area contributed by atoms with Crippen LogP contribution in [0, 0.1) is 17.0 Å². The molecule has 0 bridgehead atoms. The van der Waals surface area contributed by atoms with Gasteiger partial charge in [0.15, 0.2) is 5.52 Å². The lowest BCUT2D eigenvalue weighted by Gasteiger charge is -2.05. The Morgan fingerprint density at radius 2 is 2.11 bits per heavy atom. The first-order chi connectivity index (χ1) is 8.52. The van der Waals surface area contributed by atoms with E-state index >= 15 is 0 Å². The van der Waals surface area contributed by atoms with Crippen LogP contribution in [0.4, 0.5) is 5.69 Å². The first kappa shape index (κ1) is 12.7. The largest absolute Gasteiger partial charge is 0.295 e. The number of nitro benzene ring substituents is 1. The van der Waals surface area contributed by atoms with Crippen LogP contribution >= 0.6 is 11.6 Å². The highest BCUT2D eigenvalue weighted by molar-refractivity contribution is 6.34. The predicted octanol–water partition coefficient (Wildman–Crippen LogP) is 3.45. The molecule has 0 saturated heterocycles. The van der Waals surface area contributed by atoms with E-state index in [4.69, 9.17) is 11.6 Å². The van der Waals surface area contributed by atoms with E-state index in [-0.39, 0.29) is 10.8 Å². The van der Waals surface area contributed by atoms with Crippen molar-refractivity contribution in [2.75, 3.05) is 0 Å². The number of fused-ring (bicyclic) bond motifs is 1. The maximum Gasteiger partial charge on any atom is 0.295 e. The van der Waals surface area contributed by atoms with Crippen LogP contribution in [0.15, 0.2) is 12.1 Å². The van der Waals surface area contributed by atoms with Crippen molar-refractivity contribution in [3.63, 3.8) is 0 Å². The van der Waals surface area contributed by atoms with E-state index in [1.165, 1.54) is 6.07 Å². The molecule has 0 aliphatic carbocycles. The van der Waals surface area contributed by atoms with E-state index in [1.54, 1.807) is 13.0 Å². The summed E-state index contributed by atoms with van der Waals surface area (Å²) in [4.78, 5) is 19.0. The van der Waals surface area contributed by atoms with Crippen LogP contribution < -0.4 is 0 Å². The highest BCUT2D eigenvalue weighted by atomic mass is 35.5. The van der Waals surface area contributed by atoms with Crippen LogP contribution in [0.2, 0.25) is 5.15 Å². The first-order valence-electron chi connectivity index (χ1n) is 5.64.